The van der Waals surface area contributed by atoms with Gasteiger partial charge in [0.1, 0.15) is 6.10 Å². The first-order valence-electron chi connectivity index (χ1n) is 4.69. The minimum atomic E-state index is -1.48. The quantitative estimate of drug-likeness (QED) is 0.479. The summed E-state index contributed by atoms with van der Waals surface area (Å²) in [6.45, 7) is -0.0806. The van der Waals surface area contributed by atoms with Gasteiger partial charge in [-0.1, -0.05) is 24.3 Å². The van der Waals surface area contributed by atoms with Crippen LogP contribution in [0.15, 0.2) is 24.3 Å². The number of carbonyl (C=O) groups is 1. The number of aliphatic hydroxyl groups excluding tert-OH is 2. The lowest BCUT2D eigenvalue weighted by Gasteiger charge is -2.12. The standard InChI is InChI=1S/C11H12N2O3/c12-5-9(14)7-1-3-8(4-2-7)11(16)10(15)6-13/h1-4,10-11,15-16H,5,12H2. The van der Waals surface area contributed by atoms with Gasteiger partial charge < -0.3 is 15.9 Å². The maximum atomic E-state index is 11.2. The lowest BCUT2D eigenvalue weighted by Crippen LogP contribution is -2.16. The van der Waals surface area contributed by atoms with Crippen LogP contribution in [0.2, 0.25) is 0 Å². The zero-order valence-corrected chi connectivity index (χ0v) is 8.50. The molecule has 0 spiro atoms. The summed E-state index contributed by atoms with van der Waals surface area (Å²) < 4.78 is 0. The number of carbonyl (C=O) groups excluding carboxylic acids is 1. The maximum absolute atomic E-state index is 11.2. The van der Waals surface area contributed by atoms with E-state index in [9.17, 15) is 9.90 Å². The highest BCUT2D eigenvalue weighted by Crippen LogP contribution is 2.17. The van der Waals surface area contributed by atoms with Crippen molar-refractivity contribution in [3.05, 3.63) is 35.4 Å². The Hall–Kier alpha value is -1.74. The van der Waals surface area contributed by atoms with Crippen molar-refractivity contribution in [1.82, 2.24) is 0 Å². The molecule has 0 bridgehead atoms. The van der Waals surface area contributed by atoms with Crippen LogP contribution in [0.3, 0.4) is 0 Å². The molecule has 1 rings (SSSR count). The molecular formula is C11H12N2O3. The summed E-state index contributed by atoms with van der Waals surface area (Å²) in [6.07, 6.45) is -2.75. The number of aliphatic hydroxyl groups is 2. The van der Waals surface area contributed by atoms with Crippen molar-refractivity contribution >= 4 is 5.78 Å². The molecule has 2 atom stereocenters. The number of benzene rings is 1. The summed E-state index contributed by atoms with van der Waals surface area (Å²) >= 11 is 0. The van der Waals surface area contributed by atoms with E-state index >= 15 is 0 Å². The zero-order valence-electron chi connectivity index (χ0n) is 8.50. The molecule has 0 aliphatic heterocycles. The van der Waals surface area contributed by atoms with Crippen molar-refractivity contribution in [1.29, 1.82) is 5.26 Å². The molecule has 0 radical (unpaired) electrons. The van der Waals surface area contributed by atoms with Crippen LogP contribution in [-0.2, 0) is 0 Å². The third-order valence-electron chi connectivity index (χ3n) is 2.19. The van der Waals surface area contributed by atoms with Crippen LogP contribution in [0.1, 0.15) is 22.0 Å². The van der Waals surface area contributed by atoms with Gasteiger partial charge in [-0.3, -0.25) is 4.79 Å². The molecule has 0 saturated heterocycles. The van der Waals surface area contributed by atoms with Crippen molar-refractivity contribution in [3.8, 4) is 6.07 Å². The van der Waals surface area contributed by atoms with Gasteiger partial charge in [0.25, 0.3) is 0 Å². The second-order valence-corrected chi connectivity index (χ2v) is 3.27. The first-order valence-corrected chi connectivity index (χ1v) is 4.69. The van der Waals surface area contributed by atoms with Gasteiger partial charge in [-0.15, -0.1) is 0 Å². The van der Waals surface area contributed by atoms with E-state index in [0.717, 1.165) is 0 Å². The SMILES string of the molecule is N#CC(O)C(O)c1ccc(C(=O)CN)cc1. The van der Waals surface area contributed by atoms with Gasteiger partial charge in [0.2, 0.25) is 0 Å². The summed E-state index contributed by atoms with van der Waals surface area (Å²) in [6, 6.07) is 7.49. The van der Waals surface area contributed by atoms with Gasteiger partial charge in [0, 0.05) is 5.56 Å². The number of Topliss-reactive ketones (excluding diaryl/α,β-unsaturated/α-hetero) is 1. The lowest BCUT2D eigenvalue weighted by molar-refractivity contribution is 0.0528. The molecule has 0 saturated carbocycles. The molecule has 5 heteroatoms. The second-order valence-electron chi connectivity index (χ2n) is 3.27. The van der Waals surface area contributed by atoms with Crippen LogP contribution in [0.4, 0.5) is 0 Å². The van der Waals surface area contributed by atoms with Gasteiger partial charge in [-0.2, -0.15) is 5.26 Å². The van der Waals surface area contributed by atoms with E-state index in [1.807, 2.05) is 0 Å². The molecule has 0 fully saturated rings. The predicted molar refractivity (Wildman–Crippen MR) is 56.4 cm³/mol. The minimum absolute atomic E-state index is 0.0806. The number of ketones is 1. The molecule has 1 aromatic carbocycles. The summed E-state index contributed by atoms with van der Waals surface area (Å²) in [4.78, 5) is 11.2. The third kappa shape index (κ3) is 2.64. The van der Waals surface area contributed by atoms with E-state index in [1.165, 1.54) is 30.3 Å². The third-order valence-corrected chi connectivity index (χ3v) is 2.19. The molecule has 0 aliphatic rings. The molecule has 5 nitrogen and oxygen atoms in total. The average Bonchev–Trinajstić information content (AvgIpc) is 2.36. The smallest absolute Gasteiger partial charge is 0.176 e. The van der Waals surface area contributed by atoms with E-state index in [-0.39, 0.29) is 12.3 Å². The first kappa shape index (κ1) is 12.3. The van der Waals surface area contributed by atoms with Crippen molar-refractivity contribution in [2.45, 2.75) is 12.2 Å². The molecule has 0 amide bonds. The number of hydrogen-bond acceptors (Lipinski definition) is 5. The summed E-state index contributed by atoms with van der Waals surface area (Å²) in [5.41, 5.74) is 6.00. The number of hydrogen-bond donors (Lipinski definition) is 3. The van der Waals surface area contributed by atoms with E-state index in [2.05, 4.69) is 0 Å². The Morgan fingerprint density at radius 3 is 2.38 bits per heavy atom. The van der Waals surface area contributed by atoms with Crippen LogP contribution < -0.4 is 5.73 Å². The molecule has 0 heterocycles. The van der Waals surface area contributed by atoms with Crippen LogP contribution in [-0.4, -0.2) is 28.6 Å². The normalized spacial score (nSPS) is 13.9. The Morgan fingerprint density at radius 1 is 1.38 bits per heavy atom. The summed E-state index contributed by atoms with van der Waals surface area (Å²) in [7, 11) is 0. The fourth-order valence-electron chi connectivity index (χ4n) is 1.24. The molecule has 84 valence electrons. The van der Waals surface area contributed by atoms with Crippen molar-refractivity contribution < 1.29 is 15.0 Å². The lowest BCUT2D eigenvalue weighted by atomic mass is 10.0. The Balaban J connectivity index is 2.87. The molecule has 0 aromatic heterocycles. The molecule has 16 heavy (non-hydrogen) atoms. The van der Waals surface area contributed by atoms with Gasteiger partial charge in [-0.05, 0) is 5.56 Å². The maximum Gasteiger partial charge on any atom is 0.176 e. The van der Waals surface area contributed by atoms with Gasteiger partial charge in [0.05, 0.1) is 12.6 Å². The molecular weight excluding hydrogens is 208 g/mol. The summed E-state index contributed by atoms with van der Waals surface area (Å²) in [5.74, 6) is -0.207. The zero-order chi connectivity index (χ0) is 12.1. The Morgan fingerprint density at radius 2 is 1.94 bits per heavy atom. The first-order chi connectivity index (χ1) is 7.60. The Bertz CT molecular complexity index is 408. The van der Waals surface area contributed by atoms with Crippen LogP contribution >= 0.6 is 0 Å². The molecule has 4 N–H and O–H groups in total. The largest absolute Gasteiger partial charge is 0.385 e. The van der Waals surface area contributed by atoms with E-state index in [1.54, 1.807) is 0 Å². The molecule has 2 unspecified atom stereocenters. The number of nitriles is 1. The monoisotopic (exact) mass is 220 g/mol. The highest BCUT2D eigenvalue weighted by Gasteiger charge is 2.17. The fourth-order valence-corrected chi connectivity index (χ4v) is 1.24. The summed E-state index contributed by atoms with van der Waals surface area (Å²) in [5, 5.41) is 27.0. The van der Waals surface area contributed by atoms with Crippen LogP contribution in [0, 0.1) is 11.3 Å². The topological polar surface area (TPSA) is 107 Å². The van der Waals surface area contributed by atoms with E-state index in [0.29, 0.717) is 11.1 Å². The fraction of sp³-hybridized carbons (Fsp3) is 0.273. The number of rotatable bonds is 4. The van der Waals surface area contributed by atoms with Crippen LogP contribution in [0.25, 0.3) is 0 Å². The van der Waals surface area contributed by atoms with Crippen molar-refractivity contribution in [2.75, 3.05) is 6.54 Å². The number of nitrogens with zero attached hydrogens (tertiary/aromatic N) is 1. The second kappa shape index (κ2) is 5.37. The molecule has 0 aliphatic carbocycles. The minimum Gasteiger partial charge on any atom is -0.385 e. The van der Waals surface area contributed by atoms with Gasteiger partial charge in [0.15, 0.2) is 11.9 Å². The average molecular weight is 220 g/mol. The predicted octanol–water partition coefficient (Wildman–Crippen LogP) is -0.254. The van der Waals surface area contributed by atoms with Gasteiger partial charge >= 0.3 is 0 Å². The van der Waals surface area contributed by atoms with E-state index < -0.39 is 12.2 Å². The highest BCUT2D eigenvalue weighted by molar-refractivity contribution is 5.97. The molecule has 1 aromatic rings. The van der Waals surface area contributed by atoms with Gasteiger partial charge in [-0.25, -0.2) is 0 Å². The van der Waals surface area contributed by atoms with Crippen molar-refractivity contribution in [2.24, 2.45) is 5.73 Å². The Labute approximate surface area is 92.7 Å². The Kier molecular flexibility index (Phi) is 4.14. The number of nitrogens with two attached hydrogens (primary N) is 1. The van der Waals surface area contributed by atoms with Crippen LogP contribution in [0.5, 0.6) is 0 Å². The highest BCUT2D eigenvalue weighted by atomic mass is 16.3. The van der Waals surface area contributed by atoms with Crippen molar-refractivity contribution in [3.63, 3.8) is 0 Å². The van der Waals surface area contributed by atoms with E-state index in [4.69, 9.17) is 16.1 Å².